The van der Waals surface area contributed by atoms with Crippen molar-refractivity contribution in [3.05, 3.63) is 30.1 Å². The Hall–Kier alpha value is -2.45. The topological polar surface area (TPSA) is 92.4 Å². The van der Waals surface area contributed by atoms with Gasteiger partial charge in [-0.15, -0.1) is 0 Å². The van der Waals surface area contributed by atoms with Crippen LogP contribution in [0.1, 0.15) is 12.7 Å². The van der Waals surface area contributed by atoms with Crippen molar-refractivity contribution in [1.82, 2.24) is 24.8 Å². The van der Waals surface area contributed by atoms with Crippen LogP contribution in [0.3, 0.4) is 0 Å². The predicted molar refractivity (Wildman–Crippen MR) is 97.9 cm³/mol. The maximum Gasteiger partial charge on any atom is 0.232 e. The van der Waals surface area contributed by atoms with Crippen LogP contribution < -0.4 is 15.8 Å². The van der Waals surface area contributed by atoms with Crippen LogP contribution in [0.25, 0.3) is 0 Å². The first kappa shape index (κ1) is 17.4. The van der Waals surface area contributed by atoms with Crippen LogP contribution in [0.4, 0.5) is 17.6 Å². The summed E-state index contributed by atoms with van der Waals surface area (Å²) in [6.45, 7) is 8.16. The summed E-state index contributed by atoms with van der Waals surface area (Å²) in [4.78, 5) is 17.7. The number of methoxy groups -OCH3 is 1. The molecule has 1 aliphatic heterocycles. The number of hydrogen-bond acceptors (Lipinski definition) is 8. The maximum atomic E-state index is 5.86. The summed E-state index contributed by atoms with van der Waals surface area (Å²) in [7, 11) is 1.64. The number of nitrogen functional groups attached to an aromatic ring is 1. The molecule has 0 bridgehead atoms. The third-order valence-corrected chi connectivity index (χ3v) is 4.32. The molecule has 1 saturated heterocycles. The minimum atomic E-state index is 0.230. The van der Waals surface area contributed by atoms with Gasteiger partial charge in [0.25, 0.3) is 0 Å². The number of benzene rings is 1. The molecule has 0 atom stereocenters. The first-order valence-electron chi connectivity index (χ1n) is 8.52. The third kappa shape index (κ3) is 4.77. The van der Waals surface area contributed by atoms with Crippen LogP contribution in [0.15, 0.2) is 24.3 Å². The summed E-state index contributed by atoms with van der Waals surface area (Å²) < 4.78 is 5.16. The van der Waals surface area contributed by atoms with Gasteiger partial charge in [0, 0.05) is 31.9 Å². The van der Waals surface area contributed by atoms with Gasteiger partial charge in [-0.25, -0.2) is 0 Å². The van der Waals surface area contributed by atoms with Crippen molar-refractivity contribution in [2.24, 2.45) is 0 Å². The number of nitrogens with zero attached hydrogens (tertiary/aromatic N) is 5. The van der Waals surface area contributed by atoms with Gasteiger partial charge in [-0.3, -0.25) is 4.90 Å². The van der Waals surface area contributed by atoms with E-state index in [0.717, 1.165) is 44.2 Å². The first-order chi connectivity index (χ1) is 12.2. The molecule has 0 aliphatic carbocycles. The van der Waals surface area contributed by atoms with Crippen molar-refractivity contribution in [2.75, 3.05) is 50.9 Å². The number of nitrogens with one attached hydrogen (secondary N) is 1. The molecule has 0 unspecified atom stereocenters. The van der Waals surface area contributed by atoms with Crippen molar-refractivity contribution in [1.29, 1.82) is 0 Å². The van der Waals surface area contributed by atoms with E-state index in [4.69, 9.17) is 10.5 Å². The van der Waals surface area contributed by atoms with E-state index in [2.05, 4.69) is 37.0 Å². The Bertz CT molecular complexity index is 684. The van der Waals surface area contributed by atoms with Crippen LogP contribution in [0, 0.1) is 0 Å². The lowest BCUT2D eigenvalue weighted by Gasteiger charge is -2.33. The smallest absolute Gasteiger partial charge is 0.232 e. The molecule has 134 valence electrons. The molecule has 1 aromatic carbocycles. The Morgan fingerprint density at radius 1 is 1.04 bits per heavy atom. The summed E-state index contributed by atoms with van der Waals surface area (Å²) in [5.74, 6) is 2.18. The van der Waals surface area contributed by atoms with E-state index in [-0.39, 0.29) is 5.95 Å². The van der Waals surface area contributed by atoms with E-state index in [0.29, 0.717) is 18.3 Å². The minimum absolute atomic E-state index is 0.230. The van der Waals surface area contributed by atoms with E-state index < -0.39 is 0 Å². The van der Waals surface area contributed by atoms with Gasteiger partial charge >= 0.3 is 0 Å². The molecule has 2 aromatic rings. The average molecular weight is 343 g/mol. The average Bonchev–Trinajstić information content (AvgIpc) is 2.62. The predicted octanol–water partition coefficient (Wildman–Crippen LogP) is 1.34. The Kier molecular flexibility index (Phi) is 5.62. The van der Waals surface area contributed by atoms with Gasteiger partial charge in [-0.05, 0) is 30.8 Å². The molecule has 8 heteroatoms. The Labute approximate surface area is 148 Å². The second kappa shape index (κ2) is 8.09. The van der Waals surface area contributed by atoms with Gasteiger partial charge < -0.3 is 20.7 Å². The van der Waals surface area contributed by atoms with E-state index in [9.17, 15) is 0 Å². The van der Waals surface area contributed by atoms with Gasteiger partial charge in [-0.1, -0.05) is 6.92 Å². The number of ether oxygens (including phenoxy) is 1. The fraction of sp³-hybridized carbons (Fsp3) is 0.471. The number of nitrogens with two attached hydrogens (primary N) is 1. The molecule has 0 spiro atoms. The summed E-state index contributed by atoms with van der Waals surface area (Å²) in [5.41, 5.74) is 6.73. The van der Waals surface area contributed by atoms with E-state index in [1.165, 1.54) is 0 Å². The second-order valence-electron chi connectivity index (χ2n) is 6.00. The molecule has 3 N–H and O–H groups in total. The van der Waals surface area contributed by atoms with Gasteiger partial charge in [0.05, 0.1) is 13.7 Å². The normalized spacial score (nSPS) is 15.9. The summed E-state index contributed by atoms with van der Waals surface area (Å²) in [6.07, 6.45) is 0. The van der Waals surface area contributed by atoms with Gasteiger partial charge in [0.2, 0.25) is 11.9 Å². The highest BCUT2D eigenvalue weighted by Gasteiger charge is 2.17. The maximum absolute atomic E-state index is 5.86. The number of anilines is 3. The third-order valence-electron chi connectivity index (χ3n) is 4.32. The zero-order chi connectivity index (χ0) is 17.6. The molecule has 8 nitrogen and oxygen atoms in total. The molecular weight excluding hydrogens is 318 g/mol. The van der Waals surface area contributed by atoms with Crippen molar-refractivity contribution in [3.63, 3.8) is 0 Å². The SMILES string of the molecule is CCN1CCN(Cc2nc(N)nc(Nc3ccc(OC)cc3)n2)CC1. The Balaban J connectivity index is 1.65. The fourth-order valence-electron chi connectivity index (χ4n) is 2.83. The number of aromatic nitrogens is 3. The molecular formula is C17H25N7O. The lowest BCUT2D eigenvalue weighted by atomic mass is 10.3. The molecule has 1 fully saturated rings. The summed E-state index contributed by atoms with van der Waals surface area (Å²) in [5, 5.41) is 3.17. The van der Waals surface area contributed by atoms with Crippen LogP contribution in [-0.4, -0.2) is 64.6 Å². The first-order valence-corrected chi connectivity index (χ1v) is 8.52. The molecule has 0 saturated carbocycles. The van der Waals surface area contributed by atoms with Crippen molar-refractivity contribution >= 4 is 17.6 Å². The molecule has 25 heavy (non-hydrogen) atoms. The van der Waals surface area contributed by atoms with Gasteiger partial charge in [0.1, 0.15) is 11.6 Å². The standard InChI is InChI=1S/C17H25N7O/c1-3-23-8-10-24(11-9-23)12-15-20-16(18)22-17(21-15)19-13-4-6-14(25-2)7-5-13/h4-7H,3,8-12H2,1-2H3,(H3,18,19,20,21,22). The lowest BCUT2D eigenvalue weighted by molar-refractivity contribution is 0.129. The van der Waals surface area contributed by atoms with Crippen LogP contribution in [0.2, 0.25) is 0 Å². The second-order valence-corrected chi connectivity index (χ2v) is 6.00. The van der Waals surface area contributed by atoms with Crippen LogP contribution in [-0.2, 0) is 6.54 Å². The van der Waals surface area contributed by atoms with Crippen molar-refractivity contribution in [3.8, 4) is 5.75 Å². The molecule has 0 amide bonds. The summed E-state index contributed by atoms with van der Waals surface area (Å²) >= 11 is 0. The number of rotatable bonds is 6. The van der Waals surface area contributed by atoms with E-state index in [1.807, 2.05) is 24.3 Å². The van der Waals surface area contributed by atoms with Gasteiger partial charge in [-0.2, -0.15) is 15.0 Å². The quantitative estimate of drug-likeness (QED) is 0.812. The lowest BCUT2D eigenvalue weighted by Crippen LogP contribution is -2.45. The number of piperazine rings is 1. The Morgan fingerprint density at radius 2 is 1.72 bits per heavy atom. The zero-order valence-electron chi connectivity index (χ0n) is 14.8. The highest BCUT2D eigenvalue weighted by Crippen LogP contribution is 2.18. The molecule has 1 aromatic heterocycles. The molecule has 0 radical (unpaired) electrons. The monoisotopic (exact) mass is 343 g/mol. The van der Waals surface area contributed by atoms with E-state index >= 15 is 0 Å². The number of hydrogen-bond donors (Lipinski definition) is 2. The van der Waals surface area contributed by atoms with Crippen LogP contribution in [0.5, 0.6) is 5.75 Å². The Morgan fingerprint density at radius 3 is 2.36 bits per heavy atom. The van der Waals surface area contributed by atoms with Crippen molar-refractivity contribution in [2.45, 2.75) is 13.5 Å². The summed E-state index contributed by atoms with van der Waals surface area (Å²) in [6, 6.07) is 7.56. The minimum Gasteiger partial charge on any atom is -0.497 e. The highest BCUT2D eigenvalue weighted by atomic mass is 16.5. The molecule has 2 heterocycles. The molecule has 1 aliphatic rings. The van der Waals surface area contributed by atoms with Gasteiger partial charge in [0.15, 0.2) is 0 Å². The largest absolute Gasteiger partial charge is 0.497 e. The molecule has 3 rings (SSSR count). The zero-order valence-corrected chi connectivity index (χ0v) is 14.8. The fourth-order valence-corrected chi connectivity index (χ4v) is 2.83. The van der Waals surface area contributed by atoms with Crippen LogP contribution >= 0.6 is 0 Å². The van der Waals surface area contributed by atoms with Crippen molar-refractivity contribution < 1.29 is 4.74 Å². The number of likely N-dealkylation sites (N-methyl/N-ethyl adjacent to an activating group) is 1. The highest BCUT2D eigenvalue weighted by molar-refractivity contribution is 5.55. The van der Waals surface area contributed by atoms with E-state index in [1.54, 1.807) is 7.11 Å².